The first-order valence-corrected chi connectivity index (χ1v) is 4.72. The van der Waals surface area contributed by atoms with Crippen molar-refractivity contribution in [2.75, 3.05) is 5.75 Å². The van der Waals surface area contributed by atoms with E-state index in [0.717, 1.165) is 12.0 Å². The molecule has 58 valence electrons. The number of hydrogen-bond acceptors (Lipinski definition) is 2. The molecule has 0 aromatic rings. The molecule has 0 aliphatic carbocycles. The van der Waals surface area contributed by atoms with Gasteiger partial charge in [0, 0.05) is 5.25 Å². The largest absolute Gasteiger partial charge is 0.388 e. The van der Waals surface area contributed by atoms with E-state index in [9.17, 15) is 5.11 Å². The number of rotatable bonds is 2. The fraction of sp³-hybridized carbons (Fsp3) is 0.750. The van der Waals surface area contributed by atoms with Crippen molar-refractivity contribution < 1.29 is 5.11 Å². The molecule has 0 aromatic heterocycles. The predicted octanol–water partition coefficient (Wildman–Crippen LogP) is 1.82. The van der Waals surface area contributed by atoms with Crippen LogP contribution in [-0.2, 0) is 0 Å². The van der Waals surface area contributed by atoms with E-state index in [0.29, 0.717) is 5.25 Å². The molecule has 1 heterocycles. The van der Waals surface area contributed by atoms with E-state index in [2.05, 4.69) is 6.58 Å². The smallest absolute Gasteiger partial charge is 0.0863 e. The first-order chi connectivity index (χ1) is 4.72. The quantitative estimate of drug-likeness (QED) is 0.619. The molecule has 1 nitrogen and oxygen atoms in total. The minimum Gasteiger partial charge on any atom is -0.388 e. The van der Waals surface area contributed by atoms with Crippen LogP contribution in [0.5, 0.6) is 0 Å². The van der Waals surface area contributed by atoms with Gasteiger partial charge in [-0.1, -0.05) is 12.2 Å². The summed E-state index contributed by atoms with van der Waals surface area (Å²) in [6.07, 6.45) is 2.13. The van der Waals surface area contributed by atoms with Gasteiger partial charge in [-0.05, 0) is 25.5 Å². The zero-order valence-corrected chi connectivity index (χ0v) is 7.16. The van der Waals surface area contributed by atoms with Gasteiger partial charge < -0.3 is 5.11 Å². The lowest BCUT2D eigenvalue weighted by molar-refractivity contribution is 0.206. The standard InChI is InChI=1S/C8H14OS/c1-6(2)8(9)7-4-3-5-10-7/h7-9H,1,3-5H2,2H3. The van der Waals surface area contributed by atoms with Crippen LogP contribution >= 0.6 is 11.8 Å². The second-order valence-corrected chi connectivity index (χ2v) is 4.19. The molecule has 0 amide bonds. The summed E-state index contributed by atoms with van der Waals surface area (Å²) in [5, 5.41) is 9.93. The van der Waals surface area contributed by atoms with Crippen molar-refractivity contribution in [3.05, 3.63) is 12.2 Å². The molecule has 10 heavy (non-hydrogen) atoms. The Hall–Kier alpha value is 0.0500. The van der Waals surface area contributed by atoms with Gasteiger partial charge in [0.05, 0.1) is 6.10 Å². The third kappa shape index (κ3) is 1.77. The van der Waals surface area contributed by atoms with Crippen molar-refractivity contribution in [3.8, 4) is 0 Å². The summed E-state index contributed by atoms with van der Waals surface area (Å²) in [5.74, 6) is 1.20. The molecule has 1 fully saturated rings. The SMILES string of the molecule is C=C(C)C(O)C1CCCS1. The lowest BCUT2D eigenvalue weighted by Crippen LogP contribution is -2.20. The van der Waals surface area contributed by atoms with E-state index < -0.39 is 0 Å². The van der Waals surface area contributed by atoms with Crippen molar-refractivity contribution >= 4 is 11.8 Å². The highest BCUT2D eigenvalue weighted by atomic mass is 32.2. The molecule has 2 heteroatoms. The Bertz CT molecular complexity index is 127. The molecule has 1 rings (SSSR count). The van der Waals surface area contributed by atoms with Crippen molar-refractivity contribution in [2.24, 2.45) is 0 Å². The molecule has 0 aromatic carbocycles. The van der Waals surface area contributed by atoms with Crippen LogP contribution in [0.3, 0.4) is 0 Å². The van der Waals surface area contributed by atoms with E-state index in [-0.39, 0.29) is 6.10 Å². The first-order valence-electron chi connectivity index (χ1n) is 3.67. The number of hydrogen-bond donors (Lipinski definition) is 1. The Morgan fingerprint density at radius 2 is 2.50 bits per heavy atom. The van der Waals surface area contributed by atoms with E-state index in [1.54, 1.807) is 0 Å². The predicted molar refractivity (Wildman–Crippen MR) is 46.3 cm³/mol. The van der Waals surface area contributed by atoms with Gasteiger partial charge in [0.25, 0.3) is 0 Å². The molecule has 2 unspecified atom stereocenters. The van der Waals surface area contributed by atoms with E-state index >= 15 is 0 Å². The summed E-state index contributed by atoms with van der Waals surface area (Å²) in [6.45, 7) is 5.63. The molecular weight excluding hydrogens is 144 g/mol. The molecule has 1 aliphatic rings. The molecule has 1 aliphatic heterocycles. The summed E-state index contributed by atoms with van der Waals surface area (Å²) in [7, 11) is 0. The normalized spacial score (nSPS) is 28.4. The number of thioether (sulfide) groups is 1. The zero-order chi connectivity index (χ0) is 7.56. The Kier molecular flexibility index (Phi) is 2.81. The van der Waals surface area contributed by atoms with Crippen LogP contribution in [0.2, 0.25) is 0 Å². The second-order valence-electron chi connectivity index (χ2n) is 2.84. The average Bonchev–Trinajstić information content (AvgIpc) is 2.36. The highest BCUT2D eigenvalue weighted by Crippen LogP contribution is 2.30. The van der Waals surface area contributed by atoms with E-state index in [1.807, 2.05) is 18.7 Å². The van der Waals surface area contributed by atoms with Crippen LogP contribution in [0.4, 0.5) is 0 Å². The maximum absolute atomic E-state index is 9.51. The molecule has 2 atom stereocenters. The Morgan fingerprint density at radius 1 is 1.80 bits per heavy atom. The summed E-state index contributed by atoms with van der Waals surface area (Å²) in [6, 6.07) is 0. The van der Waals surface area contributed by atoms with Gasteiger partial charge in [-0.25, -0.2) is 0 Å². The minimum absolute atomic E-state index is 0.271. The molecule has 1 N–H and O–H groups in total. The molecule has 0 saturated carbocycles. The molecule has 0 radical (unpaired) electrons. The van der Waals surface area contributed by atoms with E-state index in [1.165, 1.54) is 12.2 Å². The monoisotopic (exact) mass is 158 g/mol. The molecule has 0 bridgehead atoms. The van der Waals surface area contributed by atoms with Gasteiger partial charge >= 0.3 is 0 Å². The second kappa shape index (κ2) is 3.44. The highest BCUT2D eigenvalue weighted by molar-refractivity contribution is 8.00. The van der Waals surface area contributed by atoms with Gasteiger partial charge in [-0.3, -0.25) is 0 Å². The fourth-order valence-electron chi connectivity index (χ4n) is 1.17. The Morgan fingerprint density at radius 3 is 2.90 bits per heavy atom. The van der Waals surface area contributed by atoms with Crippen LogP contribution in [0.1, 0.15) is 19.8 Å². The molecular formula is C8H14OS. The minimum atomic E-state index is -0.271. The Labute approximate surface area is 66.5 Å². The summed E-state index contributed by atoms with van der Waals surface area (Å²) < 4.78 is 0. The van der Waals surface area contributed by atoms with Gasteiger partial charge in [-0.2, -0.15) is 11.8 Å². The van der Waals surface area contributed by atoms with Crippen LogP contribution in [0.15, 0.2) is 12.2 Å². The van der Waals surface area contributed by atoms with Gasteiger partial charge in [0.2, 0.25) is 0 Å². The average molecular weight is 158 g/mol. The first kappa shape index (κ1) is 8.15. The fourth-order valence-corrected chi connectivity index (χ4v) is 2.55. The van der Waals surface area contributed by atoms with Crippen molar-refractivity contribution in [1.82, 2.24) is 0 Å². The van der Waals surface area contributed by atoms with Crippen LogP contribution < -0.4 is 0 Å². The van der Waals surface area contributed by atoms with Gasteiger partial charge in [0.1, 0.15) is 0 Å². The van der Waals surface area contributed by atoms with Crippen LogP contribution in [0.25, 0.3) is 0 Å². The summed E-state index contributed by atoms with van der Waals surface area (Å²) >= 11 is 1.87. The Balaban J connectivity index is 2.39. The maximum Gasteiger partial charge on any atom is 0.0863 e. The lowest BCUT2D eigenvalue weighted by atomic mass is 10.1. The number of aliphatic hydroxyl groups is 1. The maximum atomic E-state index is 9.51. The van der Waals surface area contributed by atoms with Crippen LogP contribution in [-0.4, -0.2) is 22.2 Å². The lowest BCUT2D eigenvalue weighted by Gasteiger charge is -2.16. The van der Waals surface area contributed by atoms with Gasteiger partial charge in [0.15, 0.2) is 0 Å². The van der Waals surface area contributed by atoms with Crippen molar-refractivity contribution in [1.29, 1.82) is 0 Å². The molecule has 1 saturated heterocycles. The third-order valence-corrected chi connectivity index (χ3v) is 3.27. The van der Waals surface area contributed by atoms with Crippen molar-refractivity contribution in [3.63, 3.8) is 0 Å². The van der Waals surface area contributed by atoms with Gasteiger partial charge in [-0.15, -0.1) is 0 Å². The molecule has 0 spiro atoms. The number of aliphatic hydroxyl groups excluding tert-OH is 1. The van der Waals surface area contributed by atoms with E-state index in [4.69, 9.17) is 0 Å². The summed E-state index contributed by atoms with van der Waals surface area (Å²) in [4.78, 5) is 0. The van der Waals surface area contributed by atoms with Crippen LogP contribution in [0, 0.1) is 0 Å². The topological polar surface area (TPSA) is 20.2 Å². The highest BCUT2D eigenvalue weighted by Gasteiger charge is 2.23. The van der Waals surface area contributed by atoms with Crippen molar-refractivity contribution in [2.45, 2.75) is 31.1 Å². The summed E-state index contributed by atoms with van der Waals surface area (Å²) in [5.41, 5.74) is 0.902. The zero-order valence-electron chi connectivity index (χ0n) is 6.34. The third-order valence-electron chi connectivity index (χ3n) is 1.82.